The Labute approximate surface area is 185 Å². The lowest BCUT2D eigenvalue weighted by molar-refractivity contribution is -0.122. The zero-order chi connectivity index (χ0) is 22.8. The second kappa shape index (κ2) is 8.66. The van der Waals surface area contributed by atoms with Gasteiger partial charge in [0.05, 0.1) is 28.5 Å². The normalized spacial score (nSPS) is 15.5. The molecule has 2 heterocycles. The van der Waals surface area contributed by atoms with E-state index in [4.69, 9.17) is 4.74 Å². The Morgan fingerprint density at radius 3 is 2.53 bits per heavy atom. The van der Waals surface area contributed by atoms with E-state index in [2.05, 4.69) is 10.4 Å². The highest BCUT2D eigenvalue weighted by Gasteiger charge is 2.30. The van der Waals surface area contributed by atoms with E-state index in [9.17, 15) is 14.4 Å². The number of hydrogen-bond donors (Lipinski definition) is 1. The van der Waals surface area contributed by atoms with Gasteiger partial charge in [-0.3, -0.25) is 9.59 Å². The van der Waals surface area contributed by atoms with Crippen molar-refractivity contribution in [1.29, 1.82) is 0 Å². The van der Waals surface area contributed by atoms with E-state index >= 15 is 0 Å². The molecule has 0 radical (unpaired) electrons. The van der Waals surface area contributed by atoms with Gasteiger partial charge in [-0.2, -0.15) is 5.10 Å². The van der Waals surface area contributed by atoms with E-state index in [1.165, 1.54) is 4.90 Å². The highest BCUT2D eigenvalue weighted by Crippen LogP contribution is 2.31. The first kappa shape index (κ1) is 21.3. The van der Waals surface area contributed by atoms with Gasteiger partial charge in [-0.1, -0.05) is 30.3 Å². The zero-order valence-electron chi connectivity index (χ0n) is 18.2. The van der Waals surface area contributed by atoms with Crippen molar-refractivity contribution in [2.24, 2.45) is 0 Å². The lowest BCUT2D eigenvalue weighted by atomic mass is 10.1. The van der Waals surface area contributed by atoms with Crippen molar-refractivity contribution in [3.05, 3.63) is 71.5 Å². The first-order valence-corrected chi connectivity index (χ1v) is 10.4. The number of aromatic nitrogens is 2. The second-order valence-corrected chi connectivity index (χ2v) is 7.75. The first-order chi connectivity index (χ1) is 15.4. The monoisotopic (exact) mass is 432 g/mol. The fourth-order valence-corrected chi connectivity index (χ4v) is 4.00. The summed E-state index contributed by atoms with van der Waals surface area (Å²) in [5.41, 5.74) is 3.45. The number of para-hydroxylation sites is 3. The number of carbonyl (C=O) groups excluding carboxylic acids is 3. The van der Waals surface area contributed by atoms with Gasteiger partial charge in [0.1, 0.15) is 5.56 Å². The molecule has 0 unspecified atom stereocenters. The highest BCUT2D eigenvalue weighted by atomic mass is 16.5. The molecule has 1 aliphatic rings. The fourth-order valence-electron chi connectivity index (χ4n) is 4.00. The van der Waals surface area contributed by atoms with Crippen LogP contribution in [0.25, 0.3) is 5.69 Å². The van der Waals surface area contributed by atoms with Gasteiger partial charge in [0.2, 0.25) is 5.91 Å². The van der Waals surface area contributed by atoms with Crippen LogP contribution in [0, 0.1) is 13.8 Å². The minimum absolute atomic E-state index is 0.149. The number of hydrogen-bond acceptors (Lipinski definition) is 5. The minimum Gasteiger partial charge on any atom is -0.452 e. The van der Waals surface area contributed by atoms with E-state index < -0.39 is 18.5 Å². The molecule has 1 atom stereocenters. The number of ether oxygens (including phenoxy) is 1. The molecule has 8 heteroatoms. The molecule has 0 spiro atoms. The molecule has 1 aromatic heterocycles. The fraction of sp³-hybridized carbons (Fsp3) is 0.250. The zero-order valence-corrected chi connectivity index (χ0v) is 18.2. The van der Waals surface area contributed by atoms with Crippen molar-refractivity contribution in [1.82, 2.24) is 9.78 Å². The molecular weight excluding hydrogens is 408 g/mol. The number of nitrogens with one attached hydrogen (secondary N) is 1. The largest absolute Gasteiger partial charge is 0.452 e. The van der Waals surface area contributed by atoms with Gasteiger partial charge in [0, 0.05) is 12.5 Å². The maximum atomic E-state index is 13.1. The molecule has 164 valence electrons. The number of amides is 2. The van der Waals surface area contributed by atoms with Crippen molar-refractivity contribution in [2.75, 3.05) is 16.8 Å². The Morgan fingerprint density at radius 1 is 1.09 bits per heavy atom. The molecule has 3 aromatic rings. The Morgan fingerprint density at radius 2 is 1.78 bits per heavy atom. The molecule has 0 aliphatic carbocycles. The smallest absolute Gasteiger partial charge is 0.342 e. The Kier molecular flexibility index (Phi) is 5.77. The second-order valence-electron chi connectivity index (χ2n) is 7.75. The summed E-state index contributed by atoms with van der Waals surface area (Å²) in [4.78, 5) is 39.5. The first-order valence-electron chi connectivity index (χ1n) is 10.4. The van der Waals surface area contributed by atoms with E-state index in [0.717, 1.165) is 5.69 Å². The van der Waals surface area contributed by atoms with Crippen LogP contribution in [0.1, 0.15) is 35.1 Å². The van der Waals surface area contributed by atoms with Crippen molar-refractivity contribution in [3.63, 3.8) is 0 Å². The summed E-state index contributed by atoms with van der Waals surface area (Å²) in [5.74, 6) is -1.18. The van der Waals surface area contributed by atoms with E-state index in [0.29, 0.717) is 28.3 Å². The van der Waals surface area contributed by atoms with Crippen molar-refractivity contribution in [2.45, 2.75) is 33.2 Å². The average molecular weight is 432 g/mol. The highest BCUT2D eigenvalue weighted by molar-refractivity contribution is 6.05. The van der Waals surface area contributed by atoms with Crippen LogP contribution < -0.4 is 10.2 Å². The Balaban J connectivity index is 1.53. The van der Waals surface area contributed by atoms with Crippen LogP contribution in [-0.4, -0.2) is 40.2 Å². The molecule has 1 aliphatic heterocycles. The summed E-state index contributed by atoms with van der Waals surface area (Å²) in [6, 6.07) is 16.2. The van der Waals surface area contributed by atoms with Gasteiger partial charge in [0.15, 0.2) is 6.61 Å². The molecule has 2 aromatic carbocycles. The van der Waals surface area contributed by atoms with Crippen molar-refractivity contribution in [3.8, 4) is 5.69 Å². The molecule has 0 saturated heterocycles. The maximum Gasteiger partial charge on any atom is 0.342 e. The number of nitrogens with zero attached hydrogens (tertiary/aromatic N) is 3. The number of anilines is 2. The Hall–Kier alpha value is -3.94. The van der Waals surface area contributed by atoms with Crippen LogP contribution in [0.2, 0.25) is 0 Å². The van der Waals surface area contributed by atoms with Crippen LogP contribution >= 0.6 is 0 Å². The summed E-state index contributed by atoms with van der Waals surface area (Å²) in [6.07, 6.45) is 0.149. The third kappa shape index (κ3) is 3.99. The predicted molar refractivity (Wildman–Crippen MR) is 120 cm³/mol. The van der Waals surface area contributed by atoms with Crippen LogP contribution in [0.3, 0.4) is 0 Å². The molecule has 1 N–H and O–H groups in total. The quantitative estimate of drug-likeness (QED) is 0.638. The summed E-state index contributed by atoms with van der Waals surface area (Å²) < 4.78 is 7.07. The third-order valence-corrected chi connectivity index (χ3v) is 5.45. The van der Waals surface area contributed by atoms with Crippen LogP contribution in [0.15, 0.2) is 54.6 Å². The molecule has 0 bridgehead atoms. The number of aryl methyl sites for hydroxylation is 1. The summed E-state index contributed by atoms with van der Waals surface area (Å²) in [7, 11) is 0. The predicted octanol–water partition coefficient (Wildman–Crippen LogP) is 3.41. The molecular formula is C24H24N4O4. The van der Waals surface area contributed by atoms with Crippen molar-refractivity contribution < 1.29 is 19.1 Å². The van der Waals surface area contributed by atoms with Crippen LogP contribution in [0.4, 0.5) is 11.4 Å². The lowest BCUT2D eigenvalue weighted by Crippen LogP contribution is -2.41. The number of carbonyl (C=O) groups is 3. The van der Waals surface area contributed by atoms with Gasteiger partial charge in [-0.25, -0.2) is 9.48 Å². The number of esters is 1. The van der Waals surface area contributed by atoms with E-state index in [-0.39, 0.29) is 18.4 Å². The van der Waals surface area contributed by atoms with Crippen LogP contribution in [-0.2, 0) is 14.3 Å². The molecule has 8 nitrogen and oxygen atoms in total. The number of rotatable bonds is 4. The topological polar surface area (TPSA) is 93.5 Å². The Bertz CT molecular complexity index is 1190. The number of benzene rings is 2. The summed E-state index contributed by atoms with van der Waals surface area (Å²) in [5, 5.41) is 7.27. The average Bonchev–Trinajstić information content (AvgIpc) is 3.00. The van der Waals surface area contributed by atoms with Crippen molar-refractivity contribution >= 4 is 29.2 Å². The molecule has 4 rings (SSSR count). The van der Waals surface area contributed by atoms with Gasteiger partial charge >= 0.3 is 5.97 Å². The van der Waals surface area contributed by atoms with E-state index in [1.54, 1.807) is 49.7 Å². The SMILES string of the molecule is Cc1nn(-c2ccccc2)c(C)c1C(=O)OCC(=O)N1c2ccccc2NC(=O)C[C@@H]1C. The van der Waals surface area contributed by atoms with Crippen LogP contribution in [0.5, 0.6) is 0 Å². The maximum absolute atomic E-state index is 13.1. The number of fused-ring (bicyclic) bond motifs is 1. The van der Waals surface area contributed by atoms with Gasteiger partial charge in [0.25, 0.3) is 5.91 Å². The van der Waals surface area contributed by atoms with Gasteiger partial charge in [-0.05, 0) is 45.0 Å². The van der Waals surface area contributed by atoms with E-state index in [1.807, 2.05) is 30.3 Å². The molecule has 32 heavy (non-hydrogen) atoms. The molecule has 2 amide bonds. The van der Waals surface area contributed by atoms with Gasteiger partial charge < -0.3 is 15.0 Å². The summed E-state index contributed by atoms with van der Waals surface area (Å²) in [6.45, 7) is 4.87. The minimum atomic E-state index is -0.611. The molecule has 0 saturated carbocycles. The molecule has 0 fully saturated rings. The summed E-state index contributed by atoms with van der Waals surface area (Å²) >= 11 is 0. The van der Waals surface area contributed by atoms with Gasteiger partial charge in [-0.15, -0.1) is 0 Å². The standard InChI is InChI=1S/C24H24N4O4/c1-15-13-21(29)25-19-11-7-8-12-20(19)27(15)22(30)14-32-24(31)23-16(2)26-28(17(23)3)18-9-5-4-6-10-18/h4-12,15H,13-14H2,1-3H3,(H,25,29)/t15-/m0/s1. The lowest BCUT2D eigenvalue weighted by Gasteiger charge is -2.27. The third-order valence-electron chi connectivity index (χ3n) is 5.45.